The third kappa shape index (κ3) is 2.82. The Kier molecular flexibility index (Phi) is 3.86. The molecule has 5 heteroatoms. The monoisotopic (exact) mass is 243 g/mol. The van der Waals surface area contributed by atoms with Crippen LogP contribution in [-0.2, 0) is 0 Å². The van der Waals surface area contributed by atoms with E-state index in [1.54, 1.807) is 36.7 Å². The van der Waals surface area contributed by atoms with Gasteiger partial charge in [0.25, 0.3) is 5.91 Å². The molecule has 2 heterocycles. The molecule has 2 rings (SSSR count). The maximum atomic E-state index is 11.9. The molecule has 0 aliphatic carbocycles. The van der Waals surface area contributed by atoms with Crippen molar-refractivity contribution < 1.29 is 9.53 Å². The fraction of sp³-hybridized carbons (Fsp3) is 0.154. The third-order valence-electron chi connectivity index (χ3n) is 2.23. The standard InChI is InChI=1S/C13H13N3O2/c1-2-18-11-6-4-8-15-12(11)16-13(17)10-5-3-7-14-9-10/h3-9H,2H2,1H3,(H,15,16,17). The fourth-order valence-corrected chi connectivity index (χ4v) is 1.43. The molecular formula is C13H13N3O2. The van der Waals surface area contributed by atoms with E-state index in [1.165, 1.54) is 6.20 Å². The van der Waals surface area contributed by atoms with E-state index in [0.717, 1.165) is 0 Å². The van der Waals surface area contributed by atoms with Crippen LogP contribution in [0.25, 0.3) is 0 Å². The number of aromatic nitrogens is 2. The second-order valence-electron chi connectivity index (χ2n) is 3.48. The first kappa shape index (κ1) is 12.0. The zero-order valence-electron chi connectivity index (χ0n) is 9.96. The summed E-state index contributed by atoms with van der Waals surface area (Å²) in [6.07, 6.45) is 4.71. The molecule has 0 aliphatic heterocycles. The molecule has 1 N–H and O–H groups in total. The Morgan fingerprint density at radius 3 is 2.89 bits per heavy atom. The lowest BCUT2D eigenvalue weighted by molar-refractivity contribution is 0.102. The molecule has 0 bridgehead atoms. The fourth-order valence-electron chi connectivity index (χ4n) is 1.43. The molecule has 0 fully saturated rings. The average Bonchev–Trinajstić information content (AvgIpc) is 2.42. The van der Waals surface area contributed by atoms with Gasteiger partial charge in [-0.2, -0.15) is 0 Å². The summed E-state index contributed by atoms with van der Waals surface area (Å²) in [6, 6.07) is 6.91. The number of carbonyl (C=O) groups excluding carboxylic acids is 1. The molecule has 0 saturated heterocycles. The van der Waals surface area contributed by atoms with Crippen LogP contribution in [0, 0.1) is 0 Å². The minimum absolute atomic E-state index is 0.261. The van der Waals surface area contributed by atoms with E-state index in [4.69, 9.17) is 4.74 Å². The molecule has 5 nitrogen and oxygen atoms in total. The van der Waals surface area contributed by atoms with Crippen LogP contribution in [0.3, 0.4) is 0 Å². The van der Waals surface area contributed by atoms with Crippen molar-refractivity contribution in [1.82, 2.24) is 9.97 Å². The highest BCUT2D eigenvalue weighted by molar-refractivity contribution is 6.04. The number of carbonyl (C=O) groups is 1. The average molecular weight is 243 g/mol. The van der Waals surface area contributed by atoms with E-state index in [2.05, 4.69) is 15.3 Å². The van der Waals surface area contributed by atoms with Crippen molar-refractivity contribution in [2.45, 2.75) is 6.92 Å². The van der Waals surface area contributed by atoms with Crippen LogP contribution in [0.15, 0.2) is 42.9 Å². The lowest BCUT2D eigenvalue weighted by Crippen LogP contribution is -2.14. The first-order valence-electron chi connectivity index (χ1n) is 5.60. The van der Waals surface area contributed by atoms with Crippen molar-refractivity contribution in [2.75, 3.05) is 11.9 Å². The molecule has 0 aliphatic rings. The van der Waals surface area contributed by atoms with Crippen molar-refractivity contribution in [3.05, 3.63) is 48.4 Å². The van der Waals surface area contributed by atoms with Crippen LogP contribution in [0.5, 0.6) is 5.75 Å². The van der Waals surface area contributed by atoms with E-state index in [9.17, 15) is 4.79 Å². The minimum Gasteiger partial charge on any atom is -0.490 e. The van der Waals surface area contributed by atoms with Gasteiger partial charge < -0.3 is 10.1 Å². The Bertz CT molecular complexity index is 529. The molecule has 0 saturated carbocycles. The normalized spacial score (nSPS) is 9.83. The molecule has 2 aromatic rings. The van der Waals surface area contributed by atoms with Gasteiger partial charge in [0.05, 0.1) is 12.2 Å². The highest BCUT2D eigenvalue weighted by Crippen LogP contribution is 2.21. The second kappa shape index (κ2) is 5.77. The van der Waals surface area contributed by atoms with E-state index in [0.29, 0.717) is 23.7 Å². The molecule has 0 spiro atoms. The van der Waals surface area contributed by atoms with Gasteiger partial charge in [-0.25, -0.2) is 4.98 Å². The van der Waals surface area contributed by atoms with Gasteiger partial charge in [0.1, 0.15) is 0 Å². The Morgan fingerprint density at radius 2 is 2.17 bits per heavy atom. The number of nitrogens with one attached hydrogen (secondary N) is 1. The topological polar surface area (TPSA) is 64.1 Å². The number of amides is 1. The van der Waals surface area contributed by atoms with E-state index < -0.39 is 0 Å². The van der Waals surface area contributed by atoms with Gasteiger partial charge in [-0.1, -0.05) is 0 Å². The summed E-state index contributed by atoms with van der Waals surface area (Å²) in [7, 11) is 0. The Morgan fingerprint density at radius 1 is 1.33 bits per heavy atom. The highest BCUT2D eigenvalue weighted by Gasteiger charge is 2.10. The molecule has 0 unspecified atom stereocenters. The second-order valence-corrected chi connectivity index (χ2v) is 3.48. The number of anilines is 1. The van der Waals surface area contributed by atoms with Crippen molar-refractivity contribution in [1.29, 1.82) is 0 Å². The van der Waals surface area contributed by atoms with Crippen LogP contribution >= 0.6 is 0 Å². The quantitative estimate of drug-likeness (QED) is 0.893. The third-order valence-corrected chi connectivity index (χ3v) is 2.23. The SMILES string of the molecule is CCOc1cccnc1NC(=O)c1cccnc1. The van der Waals surface area contributed by atoms with Crippen molar-refractivity contribution >= 4 is 11.7 Å². The molecule has 0 radical (unpaired) electrons. The van der Waals surface area contributed by atoms with E-state index in [1.807, 2.05) is 6.92 Å². The number of pyridine rings is 2. The molecule has 0 aromatic carbocycles. The summed E-state index contributed by atoms with van der Waals surface area (Å²) in [5.41, 5.74) is 0.477. The van der Waals surface area contributed by atoms with Crippen LogP contribution in [0.4, 0.5) is 5.82 Å². The summed E-state index contributed by atoms with van der Waals surface area (Å²) in [5.74, 6) is 0.702. The summed E-state index contributed by atoms with van der Waals surface area (Å²) >= 11 is 0. The number of nitrogens with zero attached hydrogens (tertiary/aromatic N) is 2. The zero-order valence-corrected chi connectivity index (χ0v) is 9.96. The molecular weight excluding hydrogens is 230 g/mol. The van der Waals surface area contributed by atoms with Gasteiger partial charge in [-0.05, 0) is 31.2 Å². The number of hydrogen-bond acceptors (Lipinski definition) is 4. The van der Waals surface area contributed by atoms with Gasteiger partial charge in [-0.3, -0.25) is 9.78 Å². The van der Waals surface area contributed by atoms with Crippen molar-refractivity contribution in [2.24, 2.45) is 0 Å². The number of hydrogen-bond donors (Lipinski definition) is 1. The summed E-state index contributed by atoms with van der Waals surface area (Å²) in [4.78, 5) is 19.9. The summed E-state index contributed by atoms with van der Waals surface area (Å²) < 4.78 is 5.38. The maximum absolute atomic E-state index is 11.9. The van der Waals surface area contributed by atoms with Gasteiger partial charge in [-0.15, -0.1) is 0 Å². The van der Waals surface area contributed by atoms with E-state index >= 15 is 0 Å². The Hall–Kier alpha value is -2.43. The van der Waals surface area contributed by atoms with Crippen LogP contribution < -0.4 is 10.1 Å². The van der Waals surface area contributed by atoms with Crippen LogP contribution in [0.1, 0.15) is 17.3 Å². The largest absolute Gasteiger partial charge is 0.490 e. The van der Waals surface area contributed by atoms with Gasteiger partial charge in [0.2, 0.25) is 0 Å². The predicted octanol–water partition coefficient (Wildman–Crippen LogP) is 2.13. The van der Waals surface area contributed by atoms with Crippen molar-refractivity contribution in [3.8, 4) is 5.75 Å². The summed E-state index contributed by atoms with van der Waals surface area (Å²) in [5, 5.41) is 2.70. The van der Waals surface area contributed by atoms with E-state index in [-0.39, 0.29) is 5.91 Å². The summed E-state index contributed by atoms with van der Waals surface area (Å²) in [6.45, 7) is 2.39. The lowest BCUT2D eigenvalue weighted by Gasteiger charge is -2.09. The lowest BCUT2D eigenvalue weighted by atomic mass is 10.2. The Balaban J connectivity index is 2.17. The van der Waals surface area contributed by atoms with Gasteiger partial charge >= 0.3 is 0 Å². The maximum Gasteiger partial charge on any atom is 0.258 e. The van der Waals surface area contributed by atoms with Crippen LogP contribution in [0.2, 0.25) is 0 Å². The molecule has 2 aromatic heterocycles. The van der Waals surface area contributed by atoms with Gasteiger partial charge in [0, 0.05) is 18.6 Å². The zero-order chi connectivity index (χ0) is 12.8. The molecule has 18 heavy (non-hydrogen) atoms. The first-order valence-corrected chi connectivity index (χ1v) is 5.60. The number of rotatable bonds is 4. The predicted molar refractivity (Wildman–Crippen MR) is 67.6 cm³/mol. The van der Waals surface area contributed by atoms with Crippen LogP contribution in [-0.4, -0.2) is 22.5 Å². The molecule has 1 amide bonds. The van der Waals surface area contributed by atoms with Crippen molar-refractivity contribution in [3.63, 3.8) is 0 Å². The van der Waals surface area contributed by atoms with Gasteiger partial charge in [0.15, 0.2) is 11.6 Å². The molecule has 92 valence electrons. The highest BCUT2D eigenvalue weighted by atomic mass is 16.5. The molecule has 0 atom stereocenters. The number of ether oxygens (including phenoxy) is 1. The minimum atomic E-state index is -0.261. The first-order chi connectivity index (χ1) is 8.81. The smallest absolute Gasteiger partial charge is 0.258 e. The Labute approximate surface area is 105 Å².